The maximum absolute atomic E-state index is 11.5. The largest absolute Gasteiger partial charge is 0.481 e. The van der Waals surface area contributed by atoms with Crippen LogP contribution in [0.1, 0.15) is 38.8 Å². The predicted molar refractivity (Wildman–Crippen MR) is 77.3 cm³/mol. The van der Waals surface area contributed by atoms with E-state index in [0.717, 1.165) is 11.1 Å². The molecule has 0 aliphatic rings. The van der Waals surface area contributed by atoms with Crippen molar-refractivity contribution in [2.75, 3.05) is 5.32 Å². The number of carboxylic acids is 1. The van der Waals surface area contributed by atoms with Crippen LogP contribution in [0, 0.1) is 12.8 Å². The number of amides is 1. The molecule has 1 aromatic rings. The van der Waals surface area contributed by atoms with Crippen molar-refractivity contribution in [2.45, 2.75) is 41.0 Å². The highest BCUT2D eigenvalue weighted by Crippen LogP contribution is 2.16. The summed E-state index contributed by atoms with van der Waals surface area (Å²) in [4.78, 5) is 22.1. The number of hydrogen-bond donors (Lipinski definition) is 2. The molecule has 0 fully saturated rings. The summed E-state index contributed by atoms with van der Waals surface area (Å²) in [6.07, 6.45) is 0.00421. The molecule has 0 aliphatic carbocycles. The minimum atomic E-state index is -0.855. The standard InChI is InChI=1S/C13H17NO3.C2H6/c1-8(2)13(17)14-11-5-4-10(7-12(15)16)9(3)6-11;1-2/h4-6,8H,7H2,1-3H3,(H,14,17)(H,15,16);1-2H3. The average Bonchev–Trinajstić information content (AvgIpc) is 2.34. The van der Waals surface area contributed by atoms with E-state index in [-0.39, 0.29) is 18.2 Å². The summed E-state index contributed by atoms with van der Waals surface area (Å²) in [5.41, 5.74) is 2.34. The number of nitrogens with one attached hydrogen (secondary N) is 1. The number of aliphatic carboxylic acids is 1. The van der Waals surface area contributed by atoms with Gasteiger partial charge in [0, 0.05) is 11.6 Å². The SMILES string of the molecule is CC.Cc1cc(NC(=O)C(C)C)ccc1CC(=O)O. The highest BCUT2D eigenvalue weighted by molar-refractivity contribution is 5.92. The van der Waals surface area contributed by atoms with Gasteiger partial charge in [0.15, 0.2) is 0 Å². The number of rotatable bonds is 4. The molecule has 4 nitrogen and oxygen atoms in total. The van der Waals surface area contributed by atoms with Gasteiger partial charge in [-0.15, -0.1) is 0 Å². The normalized spacial score (nSPS) is 9.58. The van der Waals surface area contributed by atoms with Crippen LogP contribution in [0.4, 0.5) is 5.69 Å². The first-order valence-electron chi connectivity index (χ1n) is 6.52. The van der Waals surface area contributed by atoms with Gasteiger partial charge in [0.1, 0.15) is 0 Å². The van der Waals surface area contributed by atoms with E-state index in [0.29, 0.717) is 5.69 Å². The highest BCUT2D eigenvalue weighted by Gasteiger charge is 2.09. The van der Waals surface area contributed by atoms with Crippen molar-refractivity contribution in [3.8, 4) is 0 Å². The van der Waals surface area contributed by atoms with E-state index in [1.54, 1.807) is 18.2 Å². The fourth-order valence-corrected chi connectivity index (χ4v) is 1.42. The summed E-state index contributed by atoms with van der Waals surface area (Å²) >= 11 is 0. The topological polar surface area (TPSA) is 66.4 Å². The second-order valence-electron chi connectivity index (χ2n) is 4.36. The van der Waals surface area contributed by atoms with E-state index >= 15 is 0 Å². The first-order chi connectivity index (χ1) is 8.90. The molecule has 1 rings (SSSR count). The minimum Gasteiger partial charge on any atom is -0.481 e. The first-order valence-corrected chi connectivity index (χ1v) is 6.52. The molecule has 0 atom stereocenters. The monoisotopic (exact) mass is 265 g/mol. The molecule has 0 radical (unpaired) electrons. The quantitative estimate of drug-likeness (QED) is 0.878. The number of carboxylic acid groups (broad SMARTS) is 1. The number of carbonyl (C=O) groups excluding carboxylic acids is 1. The summed E-state index contributed by atoms with van der Waals surface area (Å²) in [5.74, 6) is -0.976. The van der Waals surface area contributed by atoms with Gasteiger partial charge < -0.3 is 10.4 Å². The summed E-state index contributed by atoms with van der Waals surface area (Å²) < 4.78 is 0. The van der Waals surface area contributed by atoms with Crippen molar-refractivity contribution in [1.29, 1.82) is 0 Å². The van der Waals surface area contributed by atoms with Gasteiger partial charge in [0.05, 0.1) is 6.42 Å². The van der Waals surface area contributed by atoms with Gasteiger partial charge in [-0.05, 0) is 30.2 Å². The van der Waals surface area contributed by atoms with Crippen molar-refractivity contribution in [2.24, 2.45) is 5.92 Å². The van der Waals surface area contributed by atoms with Crippen LogP contribution in [0.3, 0.4) is 0 Å². The van der Waals surface area contributed by atoms with Crippen LogP contribution in [-0.2, 0) is 16.0 Å². The Labute approximate surface area is 114 Å². The van der Waals surface area contributed by atoms with Crippen LogP contribution >= 0.6 is 0 Å². The van der Waals surface area contributed by atoms with Crippen molar-refractivity contribution >= 4 is 17.6 Å². The third kappa shape index (κ3) is 6.04. The van der Waals surface area contributed by atoms with Crippen molar-refractivity contribution in [3.05, 3.63) is 29.3 Å². The molecule has 0 bridgehead atoms. The van der Waals surface area contributed by atoms with Gasteiger partial charge >= 0.3 is 5.97 Å². The van der Waals surface area contributed by atoms with E-state index in [4.69, 9.17) is 5.11 Å². The van der Waals surface area contributed by atoms with E-state index in [2.05, 4.69) is 5.32 Å². The Hall–Kier alpha value is -1.84. The number of hydrogen-bond acceptors (Lipinski definition) is 2. The molecule has 0 saturated carbocycles. The summed E-state index contributed by atoms with van der Waals surface area (Å²) in [6.45, 7) is 9.48. The van der Waals surface area contributed by atoms with Crippen LogP contribution in [0.5, 0.6) is 0 Å². The van der Waals surface area contributed by atoms with Crippen LogP contribution in [0.2, 0.25) is 0 Å². The molecule has 0 unspecified atom stereocenters. The maximum Gasteiger partial charge on any atom is 0.307 e. The van der Waals surface area contributed by atoms with Crippen LogP contribution in [-0.4, -0.2) is 17.0 Å². The number of anilines is 1. The second kappa shape index (κ2) is 8.29. The zero-order valence-electron chi connectivity index (χ0n) is 12.3. The Morgan fingerprint density at radius 2 is 1.84 bits per heavy atom. The predicted octanol–water partition coefficient (Wildman–Crippen LogP) is 3.24. The smallest absolute Gasteiger partial charge is 0.307 e. The summed E-state index contributed by atoms with van der Waals surface area (Å²) in [6, 6.07) is 5.25. The molecule has 0 spiro atoms. The number of carbonyl (C=O) groups is 2. The van der Waals surface area contributed by atoms with Gasteiger partial charge in [-0.3, -0.25) is 9.59 Å². The van der Waals surface area contributed by atoms with E-state index < -0.39 is 5.97 Å². The van der Waals surface area contributed by atoms with E-state index in [1.807, 2.05) is 34.6 Å². The van der Waals surface area contributed by atoms with Crippen molar-refractivity contribution in [3.63, 3.8) is 0 Å². The van der Waals surface area contributed by atoms with Gasteiger partial charge in [0.25, 0.3) is 0 Å². The minimum absolute atomic E-state index is 0.00421. The molecule has 0 saturated heterocycles. The molecule has 106 valence electrons. The third-order valence-electron chi connectivity index (χ3n) is 2.48. The lowest BCUT2D eigenvalue weighted by Crippen LogP contribution is -2.17. The van der Waals surface area contributed by atoms with Crippen LogP contribution in [0.15, 0.2) is 18.2 Å². The molecule has 0 aliphatic heterocycles. The number of aryl methyl sites for hydroxylation is 1. The third-order valence-corrected chi connectivity index (χ3v) is 2.48. The van der Waals surface area contributed by atoms with Crippen molar-refractivity contribution in [1.82, 2.24) is 0 Å². The molecular formula is C15H23NO3. The van der Waals surface area contributed by atoms with Crippen LogP contribution in [0.25, 0.3) is 0 Å². The lowest BCUT2D eigenvalue weighted by molar-refractivity contribution is -0.136. The van der Waals surface area contributed by atoms with Crippen LogP contribution < -0.4 is 5.32 Å². The average molecular weight is 265 g/mol. The Morgan fingerprint density at radius 1 is 1.26 bits per heavy atom. The van der Waals surface area contributed by atoms with Gasteiger partial charge in [-0.2, -0.15) is 0 Å². The zero-order chi connectivity index (χ0) is 15.0. The lowest BCUT2D eigenvalue weighted by atomic mass is 10.0. The van der Waals surface area contributed by atoms with E-state index in [9.17, 15) is 9.59 Å². The zero-order valence-corrected chi connectivity index (χ0v) is 12.3. The molecule has 2 N–H and O–H groups in total. The fraction of sp³-hybridized carbons (Fsp3) is 0.467. The van der Waals surface area contributed by atoms with Gasteiger partial charge in [0.2, 0.25) is 5.91 Å². The molecule has 4 heteroatoms. The number of benzene rings is 1. The molecule has 0 aromatic heterocycles. The molecule has 19 heavy (non-hydrogen) atoms. The van der Waals surface area contributed by atoms with Gasteiger partial charge in [-0.1, -0.05) is 33.8 Å². The molecule has 1 aromatic carbocycles. The second-order valence-corrected chi connectivity index (χ2v) is 4.36. The van der Waals surface area contributed by atoms with Gasteiger partial charge in [-0.25, -0.2) is 0 Å². The van der Waals surface area contributed by atoms with E-state index in [1.165, 1.54) is 0 Å². The fourth-order valence-electron chi connectivity index (χ4n) is 1.42. The summed E-state index contributed by atoms with van der Waals surface area (Å²) in [5, 5.41) is 11.5. The molecule has 1 amide bonds. The Kier molecular flexibility index (Phi) is 7.49. The molecule has 0 heterocycles. The van der Waals surface area contributed by atoms with Crippen molar-refractivity contribution < 1.29 is 14.7 Å². The summed E-state index contributed by atoms with van der Waals surface area (Å²) in [7, 11) is 0. The lowest BCUT2D eigenvalue weighted by Gasteiger charge is -2.10. The molecular weight excluding hydrogens is 242 g/mol. The Balaban J connectivity index is 0.00000154. The Morgan fingerprint density at radius 3 is 2.26 bits per heavy atom. The highest BCUT2D eigenvalue weighted by atomic mass is 16.4. The Bertz CT molecular complexity index is 439. The first kappa shape index (κ1) is 17.2. The maximum atomic E-state index is 11.5.